The molecule has 0 saturated carbocycles. The molecule has 0 spiro atoms. The van der Waals surface area contributed by atoms with Crippen molar-refractivity contribution in [3.8, 4) is 22.5 Å². The van der Waals surface area contributed by atoms with Gasteiger partial charge in [-0.05, 0) is 113 Å². The fraction of sp³-hybridized carbons (Fsp3) is 0.0204. The fourth-order valence-electron chi connectivity index (χ4n) is 7.56. The highest BCUT2D eigenvalue weighted by Crippen LogP contribution is 2.39. The van der Waals surface area contributed by atoms with E-state index in [1.807, 2.05) is 24.3 Å². The van der Waals surface area contributed by atoms with E-state index in [0.29, 0.717) is 0 Å². The fourth-order valence-corrected chi connectivity index (χ4v) is 7.56. The lowest BCUT2D eigenvalue weighted by atomic mass is 10.00. The van der Waals surface area contributed by atoms with Crippen LogP contribution >= 0.6 is 0 Å². The Balaban J connectivity index is 1.14. The van der Waals surface area contributed by atoms with Gasteiger partial charge >= 0.3 is 0 Å². The van der Waals surface area contributed by atoms with Crippen molar-refractivity contribution < 1.29 is 0 Å². The summed E-state index contributed by atoms with van der Waals surface area (Å²) in [6, 6.07) is 55.6. The lowest BCUT2D eigenvalue weighted by molar-refractivity contribution is 1.16. The molecule has 7 aromatic carbocycles. The van der Waals surface area contributed by atoms with Crippen molar-refractivity contribution in [1.29, 1.82) is 0 Å². The highest BCUT2D eigenvalue weighted by Gasteiger charge is 2.16. The Labute approximate surface area is 303 Å². The average Bonchev–Trinajstić information content (AvgIpc) is 3.70. The predicted molar refractivity (Wildman–Crippen MR) is 223 cm³/mol. The van der Waals surface area contributed by atoms with E-state index in [0.717, 1.165) is 12.1 Å². The van der Waals surface area contributed by atoms with Crippen LogP contribution in [0.15, 0.2) is 200 Å². The quantitative estimate of drug-likeness (QED) is 0.161. The van der Waals surface area contributed by atoms with Gasteiger partial charge in [-0.1, -0.05) is 121 Å². The molecular formula is C49H37N3. The number of nitrogens with zero attached hydrogens (tertiary/aromatic N) is 2. The first kappa shape index (κ1) is 31.2. The minimum Gasteiger partial charge on any atom is -0.405 e. The molecule has 9 aromatic rings. The van der Waals surface area contributed by atoms with E-state index >= 15 is 0 Å². The Morgan fingerprint density at radius 3 is 1.67 bits per heavy atom. The lowest BCUT2D eigenvalue weighted by Gasteiger charge is -2.10. The van der Waals surface area contributed by atoms with E-state index in [9.17, 15) is 0 Å². The van der Waals surface area contributed by atoms with Gasteiger partial charge in [0.15, 0.2) is 0 Å². The van der Waals surface area contributed by atoms with E-state index in [1.165, 1.54) is 83.0 Å². The molecule has 0 aliphatic rings. The first-order valence-corrected chi connectivity index (χ1v) is 17.8. The normalized spacial score (nSPS) is 12.5. The molecular weight excluding hydrogens is 631 g/mol. The van der Waals surface area contributed by atoms with E-state index < -0.39 is 0 Å². The molecule has 0 radical (unpaired) electrons. The topological polar surface area (TPSA) is 35.9 Å². The first-order valence-electron chi connectivity index (χ1n) is 17.8. The summed E-state index contributed by atoms with van der Waals surface area (Å²) < 4.78 is 4.79. The molecule has 0 unspecified atom stereocenters. The summed E-state index contributed by atoms with van der Waals surface area (Å²) in [5.41, 5.74) is 16.2. The largest absolute Gasteiger partial charge is 0.405 e. The second kappa shape index (κ2) is 13.5. The van der Waals surface area contributed by atoms with Gasteiger partial charge in [-0.15, -0.1) is 0 Å². The molecule has 2 N–H and O–H groups in total. The molecule has 0 saturated heterocycles. The van der Waals surface area contributed by atoms with Crippen molar-refractivity contribution in [1.82, 2.24) is 9.13 Å². The zero-order chi connectivity index (χ0) is 34.9. The number of nitrogens with two attached hydrogens (primary N) is 1. The van der Waals surface area contributed by atoms with Crippen molar-refractivity contribution in [2.24, 2.45) is 5.73 Å². The molecule has 9 rings (SSSR count). The van der Waals surface area contributed by atoms with Crippen LogP contribution in [0.5, 0.6) is 0 Å². The Kier molecular flexibility index (Phi) is 8.07. The molecule has 0 bridgehead atoms. The third kappa shape index (κ3) is 5.59. The molecule has 2 aromatic heterocycles. The van der Waals surface area contributed by atoms with Crippen molar-refractivity contribution in [3.05, 3.63) is 206 Å². The van der Waals surface area contributed by atoms with E-state index in [2.05, 4.69) is 173 Å². The molecule has 0 aliphatic heterocycles. The van der Waals surface area contributed by atoms with Crippen LogP contribution in [0.1, 0.15) is 5.56 Å². The van der Waals surface area contributed by atoms with Gasteiger partial charge in [0.25, 0.3) is 0 Å². The molecule has 3 nitrogen and oxygen atoms in total. The molecule has 248 valence electrons. The highest BCUT2D eigenvalue weighted by atomic mass is 15.0. The van der Waals surface area contributed by atoms with Crippen LogP contribution in [0.3, 0.4) is 0 Å². The number of rotatable bonds is 8. The number of fused-ring (bicyclic) bond motifs is 7. The molecule has 0 atom stereocenters. The van der Waals surface area contributed by atoms with E-state index in [4.69, 9.17) is 5.73 Å². The van der Waals surface area contributed by atoms with Crippen molar-refractivity contribution in [2.75, 3.05) is 0 Å². The molecule has 0 fully saturated rings. The Hall–Kier alpha value is -6.84. The molecule has 52 heavy (non-hydrogen) atoms. The van der Waals surface area contributed by atoms with Gasteiger partial charge in [-0.25, -0.2) is 0 Å². The van der Waals surface area contributed by atoms with Gasteiger partial charge in [0, 0.05) is 32.9 Å². The number of hydrogen-bond donors (Lipinski definition) is 1. The summed E-state index contributed by atoms with van der Waals surface area (Å²) in [6.07, 6.45) is 16.4. The summed E-state index contributed by atoms with van der Waals surface area (Å²) in [4.78, 5) is 0. The maximum Gasteiger partial charge on any atom is 0.0547 e. The number of para-hydroxylation sites is 2. The second-order valence-electron chi connectivity index (χ2n) is 13.2. The number of hydrogen-bond acceptors (Lipinski definition) is 1. The zero-order valence-electron chi connectivity index (χ0n) is 28.7. The van der Waals surface area contributed by atoms with Gasteiger partial charge in [0.05, 0.1) is 22.1 Å². The summed E-state index contributed by atoms with van der Waals surface area (Å²) in [7, 11) is 0. The van der Waals surface area contributed by atoms with Gasteiger partial charge in [-0.2, -0.15) is 0 Å². The van der Waals surface area contributed by atoms with E-state index in [1.54, 1.807) is 6.08 Å². The second-order valence-corrected chi connectivity index (χ2v) is 13.2. The zero-order valence-corrected chi connectivity index (χ0v) is 28.7. The van der Waals surface area contributed by atoms with Crippen LogP contribution in [0, 0.1) is 0 Å². The van der Waals surface area contributed by atoms with Gasteiger partial charge in [0.1, 0.15) is 0 Å². The maximum atomic E-state index is 5.37. The molecule has 0 amide bonds. The molecule has 2 heterocycles. The molecule has 0 aliphatic carbocycles. The standard InChI is InChI=1S/C49H37N3/c50-30-14-5-3-1-2-4-7-15-35-22-26-41(27-23-35)52-48-29-25-39(33-44(48)45-31-36-16-10-11-17-37(36)34-49(45)52)38-24-28-47-43(32-38)42-20-12-13-21-46(42)51(47)40-18-8-6-9-19-40/h1-14,16-34H,15,50H2/b2-1+,5-3-,7-4+,30-14-. The smallest absolute Gasteiger partial charge is 0.0547 e. The van der Waals surface area contributed by atoms with Gasteiger partial charge in [-0.3, -0.25) is 0 Å². The number of aromatic nitrogens is 2. The number of allylic oxidation sites excluding steroid dienone is 7. The minimum absolute atomic E-state index is 0.868. The van der Waals surface area contributed by atoms with Crippen molar-refractivity contribution >= 4 is 54.4 Å². The Morgan fingerprint density at radius 2 is 0.942 bits per heavy atom. The van der Waals surface area contributed by atoms with E-state index in [-0.39, 0.29) is 0 Å². The van der Waals surface area contributed by atoms with Crippen LogP contribution in [-0.4, -0.2) is 9.13 Å². The third-order valence-electron chi connectivity index (χ3n) is 10.0. The maximum absolute atomic E-state index is 5.37. The lowest BCUT2D eigenvalue weighted by Crippen LogP contribution is -1.94. The Bertz CT molecular complexity index is 2860. The van der Waals surface area contributed by atoms with Gasteiger partial charge < -0.3 is 14.9 Å². The summed E-state index contributed by atoms with van der Waals surface area (Å²) >= 11 is 0. The summed E-state index contributed by atoms with van der Waals surface area (Å²) in [6.45, 7) is 0. The van der Waals surface area contributed by atoms with Crippen molar-refractivity contribution in [3.63, 3.8) is 0 Å². The van der Waals surface area contributed by atoms with Crippen LogP contribution in [-0.2, 0) is 6.42 Å². The van der Waals surface area contributed by atoms with Crippen LogP contribution in [0.4, 0.5) is 0 Å². The average molecular weight is 668 g/mol. The summed E-state index contributed by atoms with van der Waals surface area (Å²) in [5.74, 6) is 0. The highest BCUT2D eigenvalue weighted by molar-refractivity contribution is 6.15. The predicted octanol–water partition coefficient (Wildman–Crippen LogP) is 12.4. The SMILES string of the molecule is N\C=C/C=C\C=C\C=C\Cc1ccc(-n2c3ccc(-c4ccc5c(c4)c4ccccc4n5-c4ccccc4)cc3c3cc4ccccc4cc32)cc1. The van der Waals surface area contributed by atoms with Crippen LogP contribution in [0.2, 0.25) is 0 Å². The number of benzene rings is 7. The van der Waals surface area contributed by atoms with Crippen LogP contribution in [0.25, 0.3) is 76.9 Å². The third-order valence-corrected chi connectivity index (χ3v) is 10.0. The van der Waals surface area contributed by atoms with Crippen LogP contribution < -0.4 is 5.73 Å². The van der Waals surface area contributed by atoms with Crippen molar-refractivity contribution in [2.45, 2.75) is 6.42 Å². The molecule has 3 heteroatoms. The first-order chi connectivity index (χ1) is 25.8. The monoisotopic (exact) mass is 667 g/mol. The Morgan fingerprint density at radius 1 is 0.404 bits per heavy atom. The summed E-state index contributed by atoms with van der Waals surface area (Å²) in [5, 5.41) is 7.51. The minimum atomic E-state index is 0.868. The van der Waals surface area contributed by atoms with Gasteiger partial charge in [0.2, 0.25) is 0 Å².